The minimum atomic E-state index is -0.802. The fourth-order valence-electron chi connectivity index (χ4n) is 1.23. The van der Waals surface area contributed by atoms with Gasteiger partial charge in [0.2, 0.25) is 0 Å². The van der Waals surface area contributed by atoms with E-state index < -0.39 is 5.97 Å². The molecule has 0 aliphatic carbocycles. The quantitative estimate of drug-likeness (QED) is 0.934. The third kappa shape index (κ3) is 7.19. The smallest absolute Gasteiger partial charge is 0.308 e. The molecule has 0 radical (unpaired) electrons. The van der Waals surface area contributed by atoms with Crippen LogP contribution in [0.1, 0.15) is 21.1 Å². The first-order valence-corrected chi connectivity index (χ1v) is 6.99. The van der Waals surface area contributed by atoms with Crippen molar-refractivity contribution >= 4 is 41.4 Å². The molecule has 8 heteroatoms. The lowest BCUT2D eigenvalue weighted by Crippen LogP contribution is -1.97. The van der Waals surface area contributed by atoms with E-state index in [-0.39, 0.29) is 18.8 Å². The highest BCUT2D eigenvalue weighted by Crippen LogP contribution is 2.09. The maximum atomic E-state index is 10.2. The predicted molar refractivity (Wildman–Crippen MR) is 81.6 cm³/mol. The second kappa shape index (κ2) is 9.42. The summed E-state index contributed by atoms with van der Waals surface area (Å²) in [6.07, 6.45) is 0.580. The molecule has 0 amide bonds. The van der Waals surface area contributed by atoms with E-state index in [1.807, 2.05) is 19.9 Å². The zero-order valence-electron chi connectivity index (χ0n) is 11.0. The summed E-state index contributed by atoms with van der Waals surface area (Å²) in [5, 5.41) is 16.6. The molecule has 5 nitrogen and oxygen atoms in total. The van der Waals surface area contributed by atoms with Crippen molar-refractivity contribution in [2.24, 2.45) is 0 Å². The molecule has 0 saturated carbocycles. The Morgan fingerprint density at radius 2 is 1.75 bits per heavy atom. The molecule has 0 saturated heterocycles. The molecule has 0 aliphatic heterocycles. The summed E-state index contributed by atoms with van der Waals surface area (Å²) in [4.78, 5) is 12.0. The third-order valence-electron chi connectivity index (χ3n) is 1.93. The average Bonchev–Trinajstić information content (AvgIpc) is 2.89. The predicted octanol–water partition coefficient (Wildman–Crippen LogP) is 3.02. The van der Waals surface area contributed by atoms with Crippen LogP contribution in [0.2, 0.25) is 0 Å². The maximum Gasteiger partial charge on any atom is 0.308 e. The van der Waals surface area contributed by atoms with E-state index in [0.29, 0.717) is 6.42 Å². The number of rotatable bonds is 3. The average molecular weight is 332 g/mol. The number of carboxylic acids is 1. The number of hydrogen-bond acceptors (Lipinski definition) is 6. The van der Waals surface area contributed by atoms with Crippen LogP contribution in [0.3, 0.4) is 0 Å². The molecule has 2 rings (SSSR count). The monoisotopic (exact) mass is 331 g/mol. The van der Waals surface area contributed by atoms with Gasteiger partial charge in [0, 0.05) is 9.75 Å². The van der Waals surface area contributed by atoms with Crippen LogP contribution in [0.25, 0.3) is 0 Å². The number of nitrogens with zero attached hydrogens (tertiary/aromatic N) is 3. The zero-order valence-corrected chi connectivity index (χ0v) is 13.4. The minimum Gasteiger partial charge on any atom is -0.481 e. The van der Waals surface area contributed by atoms with E-state index in [0.717, 1.165) is 21.1 Å². The normalized spacial score (nSPS) is 8.85. The van der Waals surface area contributed by atoms with Crippen LogP contribution in [0.5, 0.6) is 0 Å². The van der Waals surface area contributed by atoms with Gasteiger partial charge in [-0.2, -0.15) is 14.0 Å². The van der Waals surface area contributed by atoms with Crippen molar-refractivity contribution in [2.75, 3.05) is 0 Å². The standard InChI is InChI=1S/C6H6N2S.C6H7NO2S.ClH/c1-5-4-6(2-3-7)9-8-5;1-4-2-5(10-7-4)3-6(8)9;/h4H,2H2,1H3;2H,3H2,1H3,(H,8,9);1H. The van der Waals surface area contributed by atoms with E-state index in [4.69, 9.17) is 10.4 Å². The first-order chi connectivity index (χ1) is 9.01. The topological polar surface area (TPSA) is 86.9 Å². The van der Waals surface area contributed by atoms with Crippen LogP contribution in [0, 0.1) is 25.2 Å². The highest BCUT2D eigenvalue weighted by Gasteiger charge is 2.02. The van der Waals surface area contributed by atoms with Gasteiger partial charge in [0.05, 0.1) is 30.3 Å². The highest BCUT2D eigenvalue weighted by molar-refractivity contribution is 7.06. The fraction of sp³-hybridized carbons (Fsp3) is 0.333. The fourth-order valence-corrected chi connectivity index (χ4v) is 2.62. The summed E-state index contributed by atoms with van der Waals surface area (Å²) in [7, 11) is 0. The Balaban J connectivity index is 0.000000345. The molecule has 0 bridgehead atoms. The van der Waals surface area contributed by atoms with Crippen LogP contribution < -0.4 is 0 Å². The van der Waals surface area contributed by atoms with Gasteiger partial charge in [-0.05, 0) is 49.0 Å². The van der Waals surface area contributed by atoms with Crippen LogP contribution in [0.4, 0.5) is 0 Å². The van der Waals surface area contributed by atoms with Gasteiger partial charge >= 0.3 is 5.97 Å². The molecule has 0 fully saturated rings. The van der Waals surface area contributed by atoms with Crippen molar-refractivity contribution in [3.63, 3.8) is 0 Å². The Bertz CT molecular complexity index is 590. The molecular weight excluding hydrogens is 318 g/mol. The summed E-state index contributed by atoms with van der Waals surface area (Å²) in [6.45, 7) is 3.78. The number of carbonyl (C=O) groups is 1. The highest BCUT2D eigenvalue weighted by atomic mass is 35.5. The van der Waals surface area contributed by atoms with Crippen LogP contribution >= 0.6 is 35.5 Å². The van der Waals surface area contributed by atoms with E-state index in [1.165, 1.54) is 23.1 Å². The van der Waals surface area contributed by atoms with Gasteiger partial charge in [-0.25, -0.2) is 0 Å². The van der Waals surface area contributed by atoms with Crippen LogP contribution in [0.15, 0.2) is 12.1 Å². The van der Waals surface area contributed by atoms with Gasteiger partial charge in [0.1, 0.15) is 0 Å². The van der Waals surface area contributed by atoms with Gasteiger partial charge in [-0.15, -0.1) is 12.4 Å². The zero-order chi connectivity index (χ0) is 14.3. The van der Waals surface area contributed by atoms with Crippen LogP contribution in [-0.4, -0.2) is 19.8 Å². The Morgan fingerprint density at radius 3 is 2.10 bits per heavy atom. The summed E-state index contributed by atoms with van der Waals surface area (Å²) in [6, 6.07) is 5.80. The summed E-state index contributed by atoms with van der Waals surface area (Å²) < 4.78 is 7.97. The minimum absolute atomic E-state index is 0. The lowest BCUT2D eigenvalue weighted by molar-refractivity contribution is -0.136. The Morgan fingerprint density at radius 1 is 1.25 bits per heavy atom. The lowest BCUT2D eigenvalue weighted by atomic mass is 10.3. The molecule has 20 heavy (non-hydrogen) atoms. The van der Waals surface area contributed by atoms with Crippen molar-refractivity contribution in [3.05, 3.63) is 33.3 Å². The second-order valence-corrected chi connectivity index (χ2v) is 5.55. The van der Waals surface area contributed by atoms with Crippen molar-refractivity contribution in [2.45, 2.75) is 26.7 Å². The second-order valence-electron chi connectivity index (χ2n) is 3.77. The Kier molecular flexibility index (Phi) is 8.72. The third-order valence-corrected chi connectivity index (χ3v) is 3.68. The summed E-state index contributed by atoms with van der Waals surface area (Å²) >= 11 is 2.65. The van der Waals surface area contributed by atoms with Crippen molar-refractivity contribution < 1.29 is 9.90 Å². The molecule has 2 aromatic heterocycles. The van der Waals surface area contributed by atoms with Gasteiger partial charge < -0.3 is 5.11 Å². The number of aliphatic carboxylic acids is 1. The van der Waals surface area contributed by atoms with Crippen molar-refractivity contribution in [3.8, 4) is 6.07 Å². The Labute approximate surface area is 131 Å². The molecule has 0 unspecified atom stereocenters. The molecule has 108 valence electrons. The molecular formula is C12H14ClN3O2S2. The van der Waals surface area contributed by atoms with E-state index in [1.54, 1.807) is 6.07 Å². The van der Waals surface area contributed by atoms with E-state index in [2.05, 4.69) is 14.8 Å². The van der Waals surface area contributed by atoms with Gasteiger partial charge in [-0.3, -0.25) is 4.79 Å². The maximum absolute atomic E-state index is 10.2. The van der Waals surface area contributed by atoms with Gasteiger partial charge in [-0.1, -0.05) is 0 Å². The number of halogens is 1. The van der Waals surface area contributed by atoms with Crippen molar-refractivity contribution in [1.29, 1.82) is 5.26 Å². The number of aryl methyl sites for hydroxylation is 2. The van der Waals surface area contributed by atoms with E-state index in [9.17, 15) is 4.79 Å². The molecule has 2 heterocycles. The first-order valence-electron chi connectivity index (χ1n) is 5.44. The molecule has 0 aromatic carbocycles. The molecule has 1 N–H and O–H groups in total. The molecule has 0 aliphatic rings. The SMILES string of the molecule is Cc1cc(CC#N)sn1.Cc1cc(CC(=O)O)sn1.Cl. The number of aromatic nitrogens is 2. The summed E-state index contributed by atoms with van der Waals surface area (Å²) in [5.74, 6) is -0.802. The van der Waals surface area contributed by atoms with E-state index >= 15 is 0 Å². The lowest BCUT2D eigenvalue weighted by Gasteiger charge is -1.84. The summed E-state index contributed by atoms with van der Waals surface area (Å²) in [5.41, 5.74) is 1.89. The van der Waals surface area contributed by atoms with Gasteiger partial charge in [0.15, 0.2) is 0 Å². The van der Waals surface area contributed by atoms with Crippen LogP contribution in [-0.2, 0) is 17.6 Å². The number of carboxylic acid groups (broad SMARTS) is 1. The molecule has 0 spiro atoms. The Hall–Kier alpha value is -1.49. The number of hydrogen-bond donors (Lipinski definition) is 1. The largest absolute Gasteiger partial charge is 0.481 e. The first kappa shape index (κ1) is 18.5. The molecule has 2 aromatic rings. The van der Waals surface area contributed by atoms with Crippen molar-refractivity contribution in [1.82, 2.24) is 8.75 Å². The molecule has 0 atom stereocenters. The number of nitriles is 1. The van der Waals surface area contributed by atoms with Gasteiger partial charge in [0.25, 0.3) is 0 Å².